The third-order valence-electron chi connectivity index (χ3n) is 6.41. The van der Waals surface area contributed by atoms with E-state index in [1.807, 2.05) is 25.7 Å². The van der Waals surface area contributed by atoms with Crippen LogP contribution in [0, 0.1) is 11.2 Å². The lowest BCUT2D eigenvalue weighted by Gasteiger charge is -2.28. The van der Waals surface area contributed by atoms with Crippen LogP contribution in [-0.4, -0.2) is 40.3 Å². The van der Waals surface area contributed by atoms with E-state index in [9.17, 15) is 18.0 Å². The largest absolute Gasteiger partial charge is 0.451 e. The maximum atomic E-state index is 15.2. The van der Waals surface area contributed by atoms with Gasteiger partial charge in [0.1, 0.15) is 11.6 Å². The van der Waals surface area contributed by atoms with Crippen molar-refractivity contribution >= 4 is 11.2 Å². The molecule has 0 fully saturated rings. The smallest absolute Gasteiger partial charge is 0.305 e. The highest BCUT2D eigenvalue weighted by molar-refractivity contribution is 5.76. The van der Waals surface area contributed by atoms with E-state index in [1.54, 1.807) is 35.9 Å². The van der Waals surface area contributed by atoms with Crippen molar-refractivity contribution in [3.05, 3.63) is 63.8 Å². The van der Waals surface area contributed by atoms with Crippen molar-refractivity contribution in [2.24, 2.45) is 12.5 Å². The first-order valence-corrected chi connectivity index (χ1v) is 11.9. The molecule has 0 radical (unpaired) electrons. The topological polar surface area (TPSA) is 73.8 Å². The Kier molecular flexibility index (Phi) is 5.97. The summed E-state index contributed by atoms with van der Waals surface area (Å²) < 4.78 is 58.6. The van der Waals surface area contributed by atoms with Crippen molar-refractivity contribution in [1.82, 2.24) is 33.8 Å². The zero-order valence-electron chi connectivity index (χ0n) is 21.0. The molecule has 0 amide bonds. The zero-order valence-corrected chi connectivity index (χ0v) is 21.0. The number of benzene rings is 1. The first-order chi connectivity index (χ1) is 17.3. The average molecular weight is 518 g/mol. The van der Waals surface area contributed by atoms with E-state index in [2.05, 4.69) is 15.2 Å². The second-order valence-corrected chi connectivity index (χ2v) is 10.6. The van der Waals surface area contributed by atoms with Gasteiger partial charge in [-0.25, -0.2) is 14.2 Å². The molecule has 0 atom stereocenters. The number of hydrogen-bond acceptors (Lipinski definition) is 5. The van der Waals surface area contributed by atoms with Gasteiger partial charge in [-0.3, -0.25) is 14.0 Å². The SMILES string of the molecule is Cn1c(=O)n(CC(C)(C)C)c2ccc(-c3ccc(CN4CCn5c(nnc5C(F)(F)F)C4)cc3F)nc21. The van der Waals surface area contributed by atoms with E-state index >= 15 is 4.39 Å². The van der Waals surface area contributed by atoms with Crippen molar-refractivity contribution in [1.29, 1.82) is 0 Å². The highest BCUT2D eigenvalue weighted by atomic mass is 19.4. The third kappa shape index (κ3) is 4.77. The number of nitrogens with zero attached hydrogens (tertiary/aromatic N) is 7. The quantitative estimate of drug-likeness (QED) is 0.379. The number of aromatic nitrogens is 6. The molecule has 0 N–H and O–H groups in total. The van der Waals surface area contributed by atoms with E-state index in [4.69, 9.17) is 0 Å². The van der Waals surface area contributed by atoms with Crippen LogP contribution in [0.4, 0.5) is 17.6 Å². The minimum atomic E-state index is -4.55. The molecule has 5 rings (SSSR count). The highest BCUT2D eigenvalue weighted by Crippen LogP contribution is 2.30. The Balaban J connectivity index is 1.37. The Morgan fingerprint density at radius 1 is 1.03 bits per heavy atom. The molecular formula is C25H27F4N7O. The molecule has 12 heteroatoms. The lowest BCUT2D eigenvalue weighted by atomic mass is 9.97. The Labute approximate surface area is 210 Å². The van der Waals surface area contributed by atoms with Gasteiger partial charge in [-0.1, -0.05) is 26.8 Å². The zero-order chi connectivity index (χ0) is 26.7. The summed E-state index contributed by atoms with van der Waals surface area (Å²) in [5.41, 5.74) is 2.27. The van der Waals surface area contributed by atoms with Gasteiger partial charge < -0.3 is 4.57 Å². The van der Waals surface area contributed by atoms with Crippen LogP contribution in [0.1, 0.15) is 38.0 Å². The fourth-order valence-corrected chi connectivity index (χ4v) is 4.73. The van der Waals surface area contributed by atoms with Crippen LogP contribution in [0.5, 0.6) is 0 Å². The van der Waals surface area contributed by atoms with Crippen molar-refractivity contribution < 1.29 is 17.6 Å². The number of rotatable bonds is 4. The minimum Gasteiger partial charge on any atom is -0.305 e. The number of hydrogen-bond donors (Lipinski definition) is 0. The summed E-state index contributed by atoms with van der Waals surface area (Å²) >= 11 is 0. The summed E-state index contributed by atoms with van der Waals surface area (Å²) in [6.07, 6.45) is -4.55. The number of pyridine rings is 1. The van der Waals surface area contributed by atoms with Gasteiger partial charge in [-0.15, -0.1) is 10.2 Å². The van der Waals surface area contributed by atoms with Gasteiger partial charge in [0, 0.05) is 38.8 Å². The summed E-state index contributed by atoms with van der Waals surface area (Å²) in [4.78, 5) is 19.3. The van der Waals surface area contributed by atoms with Gasteiger partial charge in [-0.2, -0.15) is 13.2 Å². The number of fused-ring (bicyclic) bond motifs is 2. The summed E-state index contributed by atoms with van der Waals surface area (Å²) in [7, 11) is 1.65. The highest BCUT2D eigenvalue weighted by Gasteiger charge is 2.39. The second-order valence-electron chi connectivity index (χ2n) is 10.6. The maximum Gasteiger partial charge on any atom is 0.451 e. The Hall–Kier alpha value is -3.54. The predicted octanol–water partition coefficient (Wildman–Crippen LogP) is 4.21. The van der Waals surface area contributed by atoms with Crippen molar-refractivity contribution in [2.75, 3.05) is 6.54 Å². The molecule has 1 aliphatic rings. The Morgan fingerprint density at radius 2 is 1.78 bits per heavy atom. The summed E-state index contributed by atoms with van der Waals surface area (Å²) in [5.74, 6) is -1.23. The Bertz CT molecular complexity index is 1540. The van der Waals surface area contributed by atoms with Crippen molar-refractivity contribution in [3.63, 3.8) is 0 Å². The maximum absolute atomic E-state index is 15.2. The van der Waals surface area contributed by atoms with Crippen LogP contribution >= 0.6 is 0 Å². The van der Waals surface area contributed by atoms with Crippen LogP contribution in [0.2, 0.25) is 0 Å². The van der Waals surface area contributed by atoms with Gasteiger partial charge in [0.15, 0.2) is 5.65 Å². The number of aryl methyl sites for hydroxylation is 1. The van der Waals surface area contributed by atoms with Gasteiger partial charge in [0.25, 0.3) is 0 Å². The molecule has 4 heterocycles. The van der Waals surface area contributed by atoms with Crippen LogP contribution in [0.15, 0.2) is 35.1 Å². The molecule has 0 aliphatic carbocycles. The standard InChI is InChI=1S/C25H27F4N7O/c1-24(2,3)14-36-19-8-7-18(30-21(19)33(4)23(36)37)16-6-5-15(11-17(16)26)12-34-9-10-35-20(13-34)31-32-22(35)25(27,28)29/h5-8,11H,9-10,12-14H2,1-4H3. The molecule has 4 aromatic rings. The average Bonchev–Trinajstić information content (AvgIpc) is 3.33. The molecule has 1 aromatic carbocycles. The minimum absolute atomic E-state index is 0.106. The summed E-state index contributed by atoms with van der Waals surface area (Å²) in [5, 5.41) is 6.98. The van der Waals surface area contributed by atoms with E-state index in [0.29, 0.717) is 47.6 Å². The molecular weight excluding hydrogens is 490 g/mol. The monoisotopic (exact) mass is 517 g/mol. The molecule has 37 heavy (non-hydrogen) atoms. The molecule has 3 aromatic heterocycles. The van der Waals surface area contributed by atoms with Crippen LogP contribution in [-0.2, 0) is 39.4 Å². The van der Waals surface area contributed by atoms with Gasteiger partial charge >= 0.3 is 11.9 Å². The lowest BCUT2D eigenvalue weighted by molar-refractivity contribution is -0.148. The van der Waals surface area contributed by atoms with Gasteiger partial charge in [-0.05, 0) is 35.2 Å². The van der Waals surface area contributed by atoms with E-state index in [-0.39, 0.29) is 30.0 Å². The van der Waals surface area contributed by atoms with Crippen LogP contribution in [0.3, 0.4) is 0 Å². The number of alkyl halides is 3. The first-order valence-electron chi connectivity index (χ1n) is 11.9. The van der Waals surface area contributed by atoms with E-state index < -0.39 is 17.8 Å². The lowest BCUT2D eigenvalue weighted by Crippen LogP contribution is -2.34. The molecule has 0 saturated carbocycles. The number of halogens is 4. The van der Waals surface area contributed by atoms with Crippen LogP contribution < -0.4 is 5.69 Å². The normalized spacial score (nSPS) is 14.9. The van der Waals surface area contributed by atoms with Crippen molar-refractivity contribution in [3.8, 4) is 11.3 Å². The third-order valence-corrected chi connectivity index (χ3v) is 6.41. The first kappa shape index (κ1) is 25.1. The van der Waals surface area contributed by atoms with Gasteiger partial charge in [0.05, 0.1) is 17.8 Å². The van der Waals surface area contributed by atoms with Crippen molar-refractivity contribution in [2.45, 2.75) is 53.1 Å². The van der Waals surface area contributed by atoms with Gasteiger partial charge in [0.2, 0.25) is 5.82 Å². The van der Waals surface area contributed by atoms with E-state index in [1.165, 1.54) is 10.6 Å². The summed E-state index contributed by atoms with van der Waals surface area (Å²) in [6.45, 7) is 7.66. The molecule has 8 nitrogen and oxygen atoms in total. The molecule has 0 bridgehead atoms. The molecule has 196 valence electrons. The molecule has 1 aliphatic heterocycles. The molecule has 0 saturated heterocycles. The predicted molar refractivity (Wildman–Crippen MR) is 129 cm³/mol. The van der Waals surface area contributed by atoms with Crippen LogP contribution in [0.25, 0.3) is 22.4 Å². The fraction of sp³-hybridized carbons (Fsp3) is 0.440. The molecule has 0 unspecified atom stereocenters. The van der Waals surface area contributed by atoms with E-state index in [0.717, 1.165) is 4.57 Å². The Morgan fingerprint density at radius 3 is 2.46 bits per heavy atom. The molecule has 0 spiro atoms. The fourth-order valence-electron chi connectivity index (χ4n) is 4.73. The number of imidazole rings is 1. The second kappa shape index (κ2) is 8.79. The summed E-state index contributed by atoms with van der Waals surface area (Å²) in [6, 6.07) is 8.31.